The van der Waals surface area contributed by atoms with Crippen LogP contribution < -0.4 is 10.9 Å². The lowest BCUT2D eigenvalue weighted by Gasteiger charge is -2.14. The average Bonchev–Trinajstić information content (AvgIpc) is 3.31. The number of carbonyl (C=O) groups excluding carboxylic acids is 1. The molecular weight excluding hydrogens is 424 g/mol. The number of nitrogens with zero attached hydrogens (tertiary/aromatic N) is 5. The third kappa shape index (κ3) is 4.23. The first-order valence-corrected chi connectivity index (χ1v) is 11.1. The molecule has 0 fully saturated rings. The molecule has 1 aliphatic heterocycles. The van der Waals surface area contributed by atoms with E-state index in [2.05, 4.69) is 20.3 Å². The molecule has 8 nitrogen and oxygen atoms in total. The van der Waals surface area contributed by atoms with Gasteiger partial charge in [-0.1, -0.05) is 23.4 Å². The van der Waals surface area contributed by atoms with Crippen LogP contribution in [0.25, 0.3) is 16.7 Å². The Bertz CT molecular complexity index is 1120. The Morgan fingerprint density at radius 3 is 2.83 bits per heavy atom. The number of benzene rings is 1. The highest BCUT2D eigenvalue weighted by molar-refractivity contribution is 7.99. The van der Waals surface area contributed by atoms with Crippen LogP contribution in [-0.4, -0.2) is 63.1 Å². The molecule has 30 heavy (non-hydrogen) atoms. The van der Waals surface area contributed by atoms with E-state index in [1.165, 1.54) is 18.0 Å². The standard InChI is InChI=1S/C20H23ClN6O2S/c1-25(2)9-3-8-22-17(28)10-15-12-30-20-24-18-16(19(29)26(15)20)11-23-27(18)14-6-4-13(21)5-7-14/h4-7,11,15H,3,8-10,12H2,1-2H3,(H,22,28). The highest BCUT2D eigenvalue weighted by Gasteiger charge is 2.29. The van der Waals surface area contributed by atoms with Gasteiger partial charge in [0.1, 0.15) is 5.39 Å². The number of rotatable bonds is 7. The summed E-state index contributed by atoms with van der Waals surface area (Å²) in [5.74, 6) is 0.602. The average molecular weight is 447 g/mol. The van der Waals surface area contributed by atoms with Gasteiger partial charge in [-0.2, -0.15) is 5.10 Å². The monoisotopic (exact) mass is 446 g/mol. The first kappa shape index (κ1) is 20.9. The summed E-state index contributed by atoms with van der Waals surface area (Å²) in [4.78, 5) is 32.3. The molecule has 1 N–H and O–H groups in total. The van der Waals surface area contributed by atoms with Crippen LogP contribution in [0.15, 0.2) is 40.4 Å². The number of fused-ring (bicyclic) bond motifs is 2. The summed E-state index contributed by atoms with van der Waals surface area (Å²) in [5, 5.41) is 8.98. The quantitative estimate of drug-likeness (QED) is 0.443. The van der Waals surface area contributed by atoms with Crippen LogP contribution in [0.4, 0.5) is 0 Å². The zero-order chi connectivity index (χ0) is 21.3. The Labute approximate surface area is 183 Å². The van der Waals surface area contributed by atoms with Gasteiger partial charge in [-0.25, -0.2) is 9.67 Å². The molecule has 3 heterocycles. The van der Waals surface area contributed by atoms with Crippen molar-refractivity contribution in [3.8, 4) is 5.69 Å². The normalized spacial score (nSPS) is 15.7. The maximum Gasteiger partial charge on any atom is 0.265 e. The fourth-order valence-corrected chi connectivity index (χ4v) is 4.72. The molecule has 0 saturated heterocycles. The minimum Gasteiger partial charge on any atom is -0.356 e. The number of thioether (sulfide) groups is 1. The molecule has 0 aliphatic carbocycles. The number of amides is 1. The number of aromatic nitrogens is 4. The van der Waals surface area contributed by atoms with E-state index in [0.29, 0.717) is 33.5 Å². The summed E-state index contributed by atoms with van der Waals surface area (Å²) in [6.07, 6.45) is 2.69. The van der Waals surface area contributed by atoms with Crippen molar-refractivity contribution in [2.24, 2.45) is 0 Å². The summed E-state index contributed by atoms with van der Waals surface area (Å²) >= 11 is 7.46. The van der Waals surface area contributed by atoms with Crippen molar-refractivity contribution in [1.29, 1.82) is 0 Å². The second-order valence-corrected chi connectivity index (χ2v) is 8.94. The van der Waals surface area contributed by atoms with Gasteiger partial charge in [0, 0.05) is 23.7 Å². The van der Waals surface area contributed by atoms with E-state index in [-0.39, 0.29) is 23.9 Å². The Morgan fingerprint density at radius 2 is 2.10 bits per heavy atom. The van der Waals surface area contributed by atoms with Gasteiger partial charge >= 0.3 is 0 Å². The fraction of sp³-hybridized carbons (Fsp3) is 0.400. The van der Waals surface area contributed by atoms with Crippen molar-refractivity contribution in [1.82, 2.24) is 29.5 Å². The summed E-state index contributed by atoms with van der Waals surface area (Å²) < 4.78 is 3.28. The van der Waals surface area contributed by atoms with Gasteiger partial charge in [0.15, 0.2) is 10.8 Å². The van der Waals surface area contributed by atoms with Gasteiger partial charge < -0.3 is 10.2 Å². The predicted molar refractivity (Wildman–Crippen MR) is 119 cm³/mol. The second kappa shape index (κ2) is 8.79. The third-order valence-electron chi connectivity index (χ3n) is 4.97. The highest BCUT2D eigenvalue weighted by Crippen LogP contribution is 2.33. The van der Waals surface area contributed by atoms with Gasteiger partial charge in [0.05, 0.1) is 17.9 Å². The van der Waals surface area contributed by atoms with Gasteiger partial charge in [-0.05, 0) is 51.3 Å². The van der Waals surface area contributed by atoms with Crippen LogP contribution in [0.3, 0.4) is 0 Å². The molecule has 1 unspecified atom stereocenters. The van der Waals surface area contributed by atoms with Crippen molar-refractivity contribution in [3.05, 3.63) is 45.8 Å². The van der Waals surface area contributed by atoms with Crippen molar-refractivity contribution >= 4 is 40.3 Å². The lowest BCUT2D eigenvalue weighted by atomic mass is 10.2. The smallest absolute Gasteiger partial charge is 0.265 e. The molecule has 0 bridgehead atoms. The molecule has 1 aromatic carbocycles. The first-order valence-electron chi connectivity index (χ1n) is 9.74. The number of nitrogens with one attached hydrogen (secondary N) is 1. The van der Waals surface area contributed by atoms with Crippen molar-refractivity contribution in [2.75, 3.05) is 32.9 Å². The molecule has 0 radical (unpaired) electrons. The Balaban J connectivity index is 1.55. The van der Waals surface area contributed by atoms with E-state index in [0.717, 1.165) is 18.7 Å². The molecular formula is C20H23ClN6O2S. The minimum absolute atomic E-state index is 0.0453. The minimum atomic E-state index is -0.206. The van der Waals surface area contributed by atoms with E-state index in [9.17, 15) is 9.59 Å². The predicted octanol–water partition coefficient (Wildman–Crippen LogP) is 2.34. The molecule has 3 aromatic rings. The summed E-state index contributed by atoms with van der Waals surface area (Å²) in [6.45, 7) is 1.55. The molecule has 1 amide bonds. The third-order valence-corrected chi connectivity index (χ3v) is 6.32. The van der Waals surface area contributed by atoms with Gasteiger partial charge in [0.2, 0.25) is 5.91 Å². The molecule has 1 aliphatic rings. The Hall–Kier alpha value is -2.36. The lowest BCUT2D eigenvalue weighted by molar-refractivity contribution is -0.121. The number of hydrogen-bond acceptors (Lipinski definition) is 6. The van der Waals surface area contributed by atoms with E-state index in [1.807, 2.05) is 26.2 Å². The Morgan fingerprint density at radius 1 is 1.33 bits per heavy atom. The molecule has 158 valence electrons. The molecule has 2 aromatic heterocycles. The van der Waals surface area contributed by atoms with E-state index in [4.69, 9.17) is 11.6 Å². The molecule has 4 rings (SSSR count). The molecule has 0 spiro atoms. The van der Waals surface area contributed by atoms with Crippen molar-refractivity contribution in [3.63, 3.8) is 0 Å². The van der Waals surface area contributed by atoms with Crippen molar-refractivity contribution in [2.45, 2.75) is 24.0 Å². The summed E-state index contributed by atoms with van der Waals surface area (Å²) in [6, 6.07) is 7.00. The summed E-state index contributed by atoms with van der Waals surface area (Å²) in [5.41, 5.74) is 1.13. The first-order chi connectivity index (χ1) is 14.4. The van der Waals surface area contributed by atoms with E-state index >= 15 is 0 Å². The second-order valence-electron chi connectivity index (χ2n) is 7.52. The van der Waals surface area contributed by atoms with Gasteiger partial charge in [0.25, 0.3) is 5.56 Å². The van der Waals surface area contributed by atoms with E-state index < -0.39 is 0 Å². The zero-order valence-corrected chi connectivity index (χ0v) is 18.4. The maximum absolute atomic E-state index is 13.1. The molecule has 0 saturated carbocycles. The highest BCUT2D eigenvalue weighted by atomic mass is 35.5. The number of hydrogen-bond donors (Lipinski definition) is 1. The summed E-state index contributed by atoms with van der Waals surface area (Å²) in [7, 11) is 4.01. The van der Waals surface area contributed by atoms with Crippen molar-refractivity contribution < 1.29 is 4.79 Å². The van der Waals surface area contributed by atoms with Crippen LogP contribution in [-0.2, 0) is 4.79 Å². The number of carbonyl (C=O) groups is 1. The van der Waals surface area contributed by atoms with Crippen LogP contribution in [0.5, 0.6) is 0 Å². The maximum atomic E-state index is 13.1. The number of halogens is 1. The lowest BCUT2D eigenvalue weighted by Crippen LogP contribution is -2.32. The molecule has 10 heteroatoms. The topological polar surface area (TPSA) is 85.1 Å². The van der Waals surface area contributed by atoms with Crippen LogP contribution in [0, 0.1) is 0 Å². The zero-order valence-electron chi connectivity index (χ0n) is 16.8. The fourth-order valence-electron chi connectivity index (χ4n) is 3.46. The SMILES string of the molecule is CN(C)CCCNC(=O)CC1CSc2nc3c(cnn3-c3ccc(Cl)cc3)c(=O)n21. The van der Waals surface area contributed by atoms with Crippen LogP contribution >= 0.6 is 23.4 Å². The van der Waals surface area contributed by atoms with E-state index in [1.54, 1.807) is 21.4 Å². The van der Waals surface area contributed by atoms with Gasteiger partial charge in [-0.3, -0.25) is 14.2 Å². The Kier molecular flexibility index (Phi) is 6.12. The van der Waals surface area contributed by atoms with Gasteiger partial charge in [-0.15, -0.1) is 0 Å². The largest absolute Gasteiger partial charge is 0.356 e. The van der Waals surface area contributed by atoms with Crippen LogP contribution in [0.2, 0.25) is 5.02 Å². The molecule has 1 atom stereocenters. The van der Waals surface area contributed by atoms with Crippen LogP contribution in [0.1, 0.15) is 18.9 Å².